The van der Waals surface area contributed by atoms with E-state index in [4.69, 9.17) is 9.94 Å². The third kappa shape index (κ3) is 6.03. The van der Waals surface area contributed by atoms with Crippen molar-refractivity contribution < 1.29 is 19.8 Å². The molecular formula is C27H33N3O4. The summed E-state index contributed by atoms with van der Waals surface area (Å²) in [5.41, 5.74) is 5.82. The minimum Gasteiger partial charge on any atom is -0.388 e. The first-order valence-electron chi connectivity index (χ1n) is 11.8. The number of hydrogen-bond acceptors (Lipinski definition) is 6. The minimum absolute atomic E-state index is 0.0789. The van der Waals surface area contributed by atoms with Gasteiger partial charge in [0.25, 0.3) is 5.91 Å². The van der Waals surface area contributed by atoms with Crippen molar-refractivity contribution in [1.29, 1.82) is 0 Å². The van der Waals surface area contributed by atoms with E-state index in [1.165, 1.54) is 11.1 Å². The largest absolute Gasteiger partial charge is 0.388 e. The molecule has 1 heterocycles. The number of nitrogens with one attached hydrogen (secondary N) is 2. The Morgan fingerprint density at radius 2 is 1.82 bits per heavy atom. The monoisotopic (exact) mass is 463 g/mol. The molecule has 0 aromatic heterocycles. The number of hydroxylamine groups is 1. The van der Waals surface area contributed by atoms with E-state index in [1.54, 1.807) is 19.3 Å². The van der Waals surface area contributed by atoms with Crippen LogP contribution in [0.15, 0.2) is 42.5 Å². The molecule has 7 nitrogen and oxygen atoms in total. The molecule has 4 N–H and O–H groups in total. The molecule has 0 bridgehead atoms. The summed E-state index contributed by atoms with van der Waals surface area (Å²) in [5, 5.41) is 22.6. The molecule has 1 aliphatic carbocycles. The zero-order valence-electron chi connectivity index (χ0n) is 19.8. The van der Waals surface area contributed by atoms with Crippen molar-refractivity contribution in [3.63, 3.8) is 0 Å². The predicted octanol–water partition coefficient (Wildman–Crippen LogP) is 2.14. The molecule has 2 atom stereocenters. The second-order valence-corrected chi connectivity index (χ2v) is 9.57. The summed E-state index contributed by atoms with van der Waals surface area (Å²) in [4.78, 5) is 14.4. The first-order valence-corrected chi connectivity index (χ1v) is 11.8. The Morgan fingerprint density at radius 1 is 1.15 bits per heavy atom. The van der Waals surface area contributed by atoms with Gasteiger partial charge in [0.15, 0.2) is 0 Å². The maximum atomic E-state index is 12.0. The number of carbonyl (C=O) groups excluding carboxylic acids is 1. The number of rotatable bonds is 6. The van der Waals surface area contributed by atoms with Crippen molar-refractivity contribution in [3.05, 3.63) is 70.3 Å². The lowest BCUT2D eigenvalue weighted by Crippen LogP contribution is -2.56. The Labute approximate surface area is 201 Å². The van der Waals surface area contributed by atoms with Gasteiger partial charge in [0.1, 0.15) is 6.04 Å². The van der Waals surface area contributed by atoms with Crippen LogP contribution < -0.4 is 10.8 Å². The van der Waals surface area contributed by atoms with Crippen LogP contribution >= 0.6 is 0 Å². The summed E-state index contributed by atoms with van der Waals surface area (Å²) in [6.07, 6.45) is 1.67. The van der Waals surface area contributed by atoms with Gasteiger partial charge in [0.05, 0.1) is 18.8 Å². The van der Waals surface area contributed by atoms with Gasteiger partial charge >= 0.3 is 0 Å². The number of hydrogen-bond donors (Lipinski definition) is 4. The van der Waals surface area contributed by atoms with Gasteiger partial charge in [-0.2, -0.15) is 0 Å². The van der Waals surface area contributed by atoms with Gasteiger partial charge in [-0.15, -0.1) is 0 Å². The maximum absolute atomic E-state index is 12.0. The molecule has 1 saturated heterocycles. The average molecular weight is 464 g/mol. The van der Waals surface area contributed by atoms with Crippen molar-refractivity contribution in [2.45, 2.75) is 50.9 Å². The summed E-state index contributed by atoms with van der Waals surface area (Å²) in [7, 11) is 0. The van der Waals surface area contributed by atoms with Gasteiger partial charge in [0.2, 0.25) is 0 Å². The van der Waals surface area contributed by atoms with Gasteiger partial charge in [-0.3, -0.25) is 20.2 Å². The lowest BCUT2D eigenvalue weighted by atomic mass is 9.96. The number of morpholine rings is 1. The number of aryl methyl sites for hydroxylation is 1. The lowest BCUT2D eigenvalue weighted by Gasteiger charge is -2.31. The van der Waals surface area contributed by atoms with E-state index < -0.39 is 17.6 Å². The number of aliphatic hydroxyl groups is 1. The van der Waals surface area contributed by atoms with Crippen LogP contribution in [0.2, 0.25) is 0 Å². The summed E-state index contributed by atoms with van der Waals surface area (Å²) >= 11 is 0. The maximum Gasteiger partial charge on any atom is 0.263 e. The number of nitrogens with zero attached hydrogens (tertiary/aromatic N) is 1. The first-order chi connectivity index (χ1) is 16.3. The highest BCUT2D eigenvalue weighted by Gasteiger charge is 2.36. The molecule has 0 saturated carbocycles. The Hall–Kier alpha value is -2.73. The van der Waals surface area contributed by atoms with Gasteiger partial charge in [-0.25, -0.2) is 5.48 Å². The van der Waals surface area contributed by atoms with Crippen LogP contribution in [0.5, 0.6) is 0 Å². The average Bonchev–Trinajstić information content (AvgIpc) is 3.23. The highest BCUT2D eigenvalue weighted by molar-refractivity contribution is 5.82. The Balaban J connectivity index is 1.41. The third-order valence-corrected chi connectivity index (χ3v) is 6.48. The molecule has 2 aromatic rings. The number of benzene rings is 2. The van der Waals surface area contributed by atoms with E-state index in [-0.39, 0.29) is 6.04 Å². The van der Waals surface area contributed by atoms with E-state index in [9.17, 15) is 9.90 Å². The number of ether oxygens (including phenoxy) is 1. The topological polar surface area (TPSA) is 94.1 Å². The van der Waals surface area contributed by atoms with Crippen LogP contribution in [-0.4, -0.2) is 59.1 Å². The molecule has 34 heavy (non-hydrogen) atoms. The summed E-state index contributed by atoms with van der Waals surface area (Å²) < 4.78 is 5.41. The van der Waals surface area contributed by atoms with Crippen molar-refractivity contribution >= 4 is 5.91 Å². The van der Waals surface area contributed by atoms with E-state index in [0.717, 1.165) is 62.4 Å². The Kier molecular flexibility index (Phi) is 7.67. The highest BCUT2D eigenvalue weighted by atomic mass is 16.5. The van der Waals surface area contributed by atoms with Crippen LogP contribution in [0, 0.1) is 11.8 Å². The van der Waals surface area contributed by atoms with Gasteiger partial charge in [-0.05, 0) is 67.6 Å². The molecular weight excluding hydrogens is 430 g/mol. The summed E-state index contributed by atoms with van der Waals surface area (Å²) in [5.74, 6) is 5.87. The SMILES string of the molecule is CC(C)(O)[C@H](N[C@H]1CCc2cc(C#Cc3ccc(CN4CCOCC4)cc3)ccc21)C(=O)NO. The van der Waals surface area contributed by atoms with Crippen molar-refractivity contribution in [3.8, 4) is 11.8 Å². The molecule has 1 amide bonds. The fourth-order valence-corrected chi connectivity index (χ4v) is 4.59. The molecule has 0 spiro atoms. The van der Waals surface area contributed by atoms with Crippen LogP contribution in [0.3, 0.4) is 0 Å². The quantitative estimate of drug-likeness (QED) is 0.298. The molecule has 1 aliphatic heterocycles. The predicted molar refractivity (Wildman–Crippen MR) is 129 cm³/mol. The van der Waals surface area contributed by atoms with E-state index >= 15 is 0 Å². The van der Waals surface area contributed by atoms with E-state index in [1.807, 2.05) is 12.1 Å². The number of amides is 1. The second kappa shape index (κ2) is 10.7. The van der Waals surface area contributed by atoms with E-state index in [0.29, 0.717) is 0 Å². The fraction of sp³-hybridized carbons (Fsp3) is 0.444. The smallest absolute Gasteiger partial charge is 0.263 e. The standard InChI is InChI=1S/C27H33N3O4/c1-27(2,32)25(26(31)29-33)28-24-12-10-22-17-20(9-11-23(22)24)6-3-19-4-7-21(8-5-19)18-30-13-15-34-16-14-30/h4-5,7-9,11,17,24-25,28,32-33H,10,12-16,18H2,1-2H3,(H,29,31)/t24-,25+/m0/s1. The van der Waals surface area contributed by atoms with Crippen molar-refractivity contribution in [2.24, 2.45) is 0 Å². The highest BCUT2D eigenvalue weighted by Crippen LogP contribution is 2.33. The van der Waals surface area contributed by atoms with Crippen molar-refractivity contribution in [2.75, 3.05) is 26.3 Å². The first kappa shape index (κ1) is 24.4. The van der Waals surface area contributed by atoms with Crippen molar-refractivity contribution in [1.82, 2.24) is 15.7 Å². The fourth-order valence-electron chi connectivity index (χ4n) is 4.59. The van der Waals surface area contributed by atoms with Gasteiger partial charge in [0, 0.05) is 36.8 Å². The molecule has 180 valence electrons. The number of carbonyl (C=O) groups is 1. The number of fused-ring (bicyclic) bond motifs is 1. The Morgan fingerprint density at radius 3 is 2.50 bits per heavy atom. The normalized spacial score (nSPS) is 19.1. The van der Waals surface area contributed by atoms with Crippen LogP contribution in [0.4, 0.5) is 0 Å². The molecule has 2 aromatic carbocycles. The molecule has 2 aliphatic rings. The molecule has 7 heteroatoms. The zero-order chi connectivity index (χ0) is 24.1. The van der Waals surface area contributed by atoms with Gasteiger partial charge < -0.3 is 9.84 Å². The molecule has 1 fully saturated rings. The molecule has 0 unspecified atom stereocenters. The molecule has 0 radical (unpaired) electrons. The van der Waals surface area contributed by atoms with Crippen LogP contribution in [-0.2, 0) is 22.5 Å². The van der Waals surface area contributed by atoms with Gasteiger partial charge in [-0.1, -0.05) is 30.0 Å². The summed E-state index contributed by atoms with van der Waals surface area (Å²) in [6.45, 7) is 7.59. The lowest BCUT2D eigenvalue weighted by molar-refractivity contribution is -0.137. The Bertz CT molecular complexity index is 1060. The van der Waals surface area contributed by atoms with Crippen LogP contribution in [0.1, 0.15) is 54.1 Å². The minimum atomic E-state index is -1.32. The second-order valence-electron chi connectivity index (χ2n) is 9.57. The zero-order valence-corrected chi connectivity index (χ0v) is 19.8. The molecule has 4 rings (SSSR count). The summed E-state index contributed by atoms with van der Waals surface area (Å²) in [6, 6.07) is 13.5. The van der Waals surface area contributed by atoms with Crippen LogP contribution in [0.25, 0.3) is 0 Å². The van der Waals surface area contributed by atoms with E-state index in [2.05, 4.69) is 52.4 Å². The third-order valence-electron chi connectivity index (χ3n) is 6.48.